The molecule has 1 amide bonds. The number of nitrogens with zero attached hydrogens (tertiary/aromatic N) is 1. The van der Waals surface area contributed by atoms with Crippen molar-refractivity contribution >= 4 is 34.2 Å². The maximum Gasteiger partial charge on any atom is 0.375 e. The number of carbonyl (C=O) groups excluding carboxylic acids is 2. The molecule has 0 bridgehead atoms. The van der Waals surface area contributed by atoms with Crippen molar-refractivity contribution in [2.45, 2.75) is 19.6 Å². The highest BCUT2D eigenvalue weighted by atomic mass is 19.1. The third-order valence-electron chi connectivity index (χ3n) is 4.24. The molecule has 0 unspecified atom stereocenters. The van der Waals surface area contributed by atoms with Crippen LogP contribution in [0.25, 0.3) is 11.0 Å². The number of amides is 1. The minimum Gasteiger partial charge on any atom is -0.449 e. The zero-order valence-corrected chi connectivity index (χ0v) is 16.0. The van der Waals surface area contributed by atoms with Gasteiger partial charge in [-0.1, -0.05) is 18.2 Å². The van der Waals surface area contributed by atoms with Crippen LogP contribution < -0.4 is 5.32 Å². The molecule has 9 nitrogen and oxygen atoms in total. The highest BCUT2D eigenvalue weighted by molar-refractivity contribution is 5.99. The maximum absolute atomic E-state index is 13.4. The number of hydrogen-bond donors (Lipinski definition) is 1. The van der Waals surface area contributed by atoms with Gasteiger partial charge in [0.15, 0.2) is 6.10 Å². The second kappa shape index (κ2) is 8.70. The Kier molecular flexibility index (Phi) is 6.07. The number of hydrogen-bond acceptors (Lipinski definition) is 7. The van der Waals surface area contributed by atoms with Gasteiger partial charge in [-0.2, -0.15) is 4.39 Å². The minimum atomic E-state index is -1.26. The van der Waals surface area contributed by atoms with Crippen molar-refractivity contribution < 1.29 is 32.8 Å². The Morgan fingerprint density at radius 1 is 1.27 bits per heavy atom. The first-order chi connectivity index (χ1) is 14.3. The number of ether oxygens (including phenoxy) is 2. The van der Waals surface area contributed by atoms with E-state index in [9.17, 15) is 24.1 Å². The van der Waals surface area contributed by atoms with Gasteiger partial charge < -0.3 is 19.2 Å². The van der Waals surface area contributed by atoms with Gasteiger partial charge in [0.1, 0.15) is 5.58 Å². The van der Waals surface area contributed by atoms with E-state index in [4.69, 9.17) is 13.9 Å². The van der Waals surface area contributed by atoms with Gasteiger partial charge in [-0.3, -0.25) is 14.9 Å². The third kappa shape index (κ3) is 4.28. The molecule has 156 valence electrons. The van der Waals surface area contributed by atoms with Gasteiger partial charge in [0.25, 0.3) is 5.91 Å². The number of esters is 1. The van der Waals surface area contributed by atoms with Crippen LogP contribution in [0.5, 0.6) is 0 Å². The summed E-state index contributed by atoms with van der Waals surface area (Å²) in [7, 11) is 1.47. The molecular weight excluding hydrogens is 399 g/mol. The number of rotatable bonds is 7. The normalized spacial score (nSPS) is 11.8. The molecule has 2 aromatic carbocycles. The number of furan rings is 1. The lowest BCUT2D eigenvalue weighted by molar-refractivity contribution is -0.387. The predicted octanol–water partition coefficient (Wildman–Crippen LogP) is 3.81. The number of halogens is 1. The van der Waals surface area contributed by atoms with Gasteiger partial charge in [0, 0.05) is 29.8 Å². The first kappa shape index (κ1) is 20.9. The van der Waals surface area contributed by atoms with Crippen LogP contribution in [0.2, 0.25) is 0 Å². The second-order valence-electron chi connectivity index (χ2n) is 6.30. The summed E-state index contributed by atoms with van der Waals surface area (Å²) < 4.78 is 29.3. The summed E-state index contributed by atoms with van der Waals surface area (Å²) in [5, 5.41) is 13.8. The summed E-state index contributed by atoms with van der Waals surface area (Å²) in [6.07, 6.45) is -1.26. The van der Waals surface area contributed by atoms with E-state index >= 15 is 0 Å². The number of carbonyl (C=O) groups is 2. The molecular formula is C20H17FN2O7. The van der Waals surface area contributed by atoms with E-state index < -0.39 is 34.4 Å². The fraction of sp³-hybridized carbons (Fsp3) is 0.200. The Hall–Kier alpha value is -3.79. The fourth-order valence-corrected chi connectivity index (χ4v) is 2.79. The molecule has 1 N–H and O–H groups in total. The van der Waals surface area contributed by atoms with Crippen LogP contribution >= 0.6 is 0 Å². The highest BCUT2D eigenvalue weighted by Crippen LogP contribution is 2.27. The molecule has 0 spiro atoms. The van der Waals surface area contributed by atoms with E-state index in [2.05, 4.69) is 5.32 Å². The zero-order chi connectivity index (χ0) is 21.8. The number of methoxy groups -OCH3 is 1. The Labute approximate surface area is 169 Å². The summed E-state index contributed by atoms with van der Waals surface area (Å²) in [4.78, 5) is 34.8. The van der Waals surface area contributed by atoms with Crippen LogP contribution in [0.15, 0.2) is 46.9 Å². The highest BCUT2D eigenvalue weighted by Gasteiger charge is 2.26. The van der Waals surface area contributed by atoms with E-state index in [1.807, 2.05) is 0 Å². The Morgan fingerprint density at radius 2 is 2.00 bits per heavy atom. The predicted molar refractivity (Wildman–Crippen MR) is 103 cm³/mol. The number of nitro groups is 1. The molecule has 1 atom stereocenters. The van der Waals surface area contributed by atoms with Crippen molar-refractivity contribution in [2.24, 2.45) is 0 Å². The average molecular weight is 416 g/mol. The number of anilines is 1. The van der Waals surface area contributed by atoms with E-state index in [1.165, 1.54) is 14.0 Å². The van der Waals surface area contributed by atoms with Crippen molar-refractivity contribution in [1.82, 2.24) is 0 Å². The molecule has 3 aromatic rings. The molecule has 0 aliphatic heterocycles. The van der Waals surface area contributed by atoms with Crippen molar-refractivity contribution in [2.75, 3.05) is 12.4 Å². The maximum atomic E-state index is 13.4. The SMILES string of the molecule is COCc1c(C(=O)O[C@H](C)C(=O)Nc2ccc(F)c([N+](=O)[O-])c2)oc2ccccc12. The number of para-hydroxylation sites is 1. The van der Waals surface area contributed by atoms with Crippen LogP contribution in [-0.2, 0) is 20.9 Å². The molecule has 30 heavy (non-hydrogen) atoms. The van der Waals surface area contributed by atoms with Gasteiger partial charge in [0.2, 0.25) is 11.6 Å². The third-order valence-corrected chi connectivity index (χ3v) is 4.24. The van der Waals surface area contributed by atoms with Gasteiger partial charge >= 0.3 is 11.7 Å². The quantitative estimate of drug-likeness (QED) is 0.353. The van der Waals surface area contributed by atoms with Crippen LogP contribution in [0.3, 0.4) is 0 Å². The number of fused-ring (bicyclic) bond motifs is 1. The lowest BCUT2D eigenvalue weighted by Crippen LogP contribution is -2.30. The Morgan fingerprint density at radius 3 is 2.70 bits per heavy atom. The van der Waals surface area contributed by atoms with Crippen LogP contribution in [0, 0.1) is 15.9 Å². The van der Waals surface area contributed by atoms with E-state index in [1.54, 1.807) is 24.3 Å². The van der Waals surface area contributed by atoms with Gasteiger partial charge in [0.05, 0.1) is 11.5 Å². The second-order valence-corrected chi connectivity index (χ2v) is 6.30. The van der Waals surface area contributed by atoms with Crippen molar-refractivity contribution in [1.29, 1.82) is 0 Å². The molecule has 10 heteroatoms. The number of nitro benzene ring substituents is 1. The first-order valence-electron chi connectivity index (χ1n) is 8.77. The lowest BCUT2D eigenvalue weighted by Gasteiger charge is -2.13. The summed E-state index contributed by atoms with van der Waals surface area (Å²) in [6.45, 7) is 1.42. The minimum absolute atomic E-state index is 0.0141. The van der Waals surface area contributed by atoms with Crippen LogP contribution in [0.1, 0.15) is 23.0 Å². The number of benzene rings is 2. The summed E-state index contributed by atoms with van der Waals surface area (Å²) in [5.41, 5.74) is 0.149. The van der Waals surface area contributed by atoms with E-state index in [0.717, 1.165) is 18.2 Å². The Bertz CT molecular complexity index is 1130. The van der Waals surface area contributed by atoms with Crippen LogP contribution in [-0.4, -0.2) is 30.0 Å². The van der Waals surface area contributed by atoms with E-state index in [0.29, 0.717) is 16.5 Å². The topological polar surface area (TPSA) is 121 Å². The standard InChI is InChI=1S/C20H17FN2O7/c1-11(19(24)22-12-7-8-15(21)16(9-12)23(26)27)29-20(25)18-14(10-28-2)13-5-3-4-6-17(13)30-18/h3-9,11H,10H2,1-2H3,(H,22,24)/t11-/m1/s1. The van der Waals surface area contributed by atoms with Gasteiger partial charge in [-0.25, -0.2) is 4.79 Å². The van der Waals surface area contributed by atoms with Crippen molar-refractivity contribution in [3.05, 3.63) is 69.7 Å². The average Bonchev–Trinajstić information content (AvgIpc) is 3.08. The van der Waals surface area contributed by atoms with Crippen molar-refractivity contribution in [3.8, 4) is 0 Å². The van der Waals surface area contributed by atoms with Crippen LogP contribution in [0.4, 0.5) is 15.8 Å². The molecule has 1 aromatic heterocycles. The van der Waals surface area contributed by atoms with E-state index in [-0.39, 0.29) is 18.1 Å². The molecule has 0 radical (unpaired) electrons. The zero-order valence-electron chi connectivity index (χ0n) is 16.0. The Balaban J connectivity index is 1.75. The van der Waals surface area contributed by atoms with Crippen molar-refractivity contribution in [3.63, 3.8) is 0 Å². The molecule has 0 aliphatic rings. The molecule has 1 heterocycles. The molecule has 0 aliphatic carbocycles. The summed E-state index contributed by atoms with van der Waals surface area (Å²) >= 11 is 0. The molecule has 0 fully saturated rings. The fourth-order valence-electron chi connectivity index (χ4n) is 2.79. The van der Waals surface area contributed by atoms with Gasteiger partial charge in [-0.15, -0.1) is 0 Å². The largest absolute Gasteiger partial charge is 0.449 e. The first-order valence-corrected chi connectivity index (χ1v) is 8.77. The summed E-state index contributed by atoms with van der Waals surface area (Å²) in [6, 6.07) is 9.86. The lowest BCUT2D eigenvalue weighted by atomic mass is 10.1. The summed E-state index contributed by atoms with van der Waals surface area (Å²) in [5.74, 6) is -2.75. The molecule has 0 saturated carbocycles. The monoisotopic (exact) mass is 416 g/mol. The number of nitrogens with one attached hydrogen (secondary N) is 1. The molecule has 3 rings (SSSR count). The van der Waals surface area contributed by atoms with Gasteiger partial charge in [-0.05, 0) is 25.1 Å². The smallest absolute Gasteiger partial charge is 0.375 e. The molecule has 0 saturated heterocycles.